The lowest BCUT2D eigenvalue weighted by Crippen LogP contribution is -2.43. The van der Waals surface area contributed by atoms with Gasteiger partial charge in [0.2, 0.25) is 5.91 Å². The topological polar surface area (TPSA) is 82.1 Å². The predicted octanol–water partition coefficient (Wildman–Crippen LogP) is 3.13. The highest BCUT2D eigenvalue weighted by Gasteiger charge is 2.25. The first-order chi connectivity index (χ1) is 16.9. The van der Waals surface area contributed by atoms with E-state index in [4.69, 9.17) is 4.98 Å². The number of rotatable bonds is 5. The van der Waals surface area contributed by atoms with Crippen molar-refractivity contribution in [1.82, 2.24) is 23.6 Å². The molecule has 1 atom stereocenters. The van der Waals surface area contributed by atoms with Crippen LogP contribution >= 0.6 is 11.8 Å². The molecule has 0 bridgehead atoms. The van der Waals surface area contributed by atoms with Crippen molar-refractivity contribution in [1.29, 1.82) is 0 Å². The van der Waals surface area contributed by atoms with E-state index in [1.165, 1.54) is 23.4 Å². The maximum absolute atomic E-state index is 13.2. The van der Waals surface area contributed by atoms with Crippen molar-refractivity contribution < 1.29 is 4.79 Å². The van der Waals surface area contributed by atoms with Gasteiger partial charge in [-0.05, 0) is 42.5 Å². The molecule has 1 saturated heterocycles. The molecule has 0 spiro atoms. The molecule has 0 radical (unpaired) electrons. The van der Waals surface area contributed by atoms with Crippen LogP contribution < -0.4 is 11.2 Å². The molecule has 0 aliphatic carbocycles. The Bertz CT molecular complexity index is 1550. The minimum atomic E-state index is -0.424. The van der Waals surface area contributed by atoms with Gasteiger partial charge in [-0.15, -0.1) is 0 Å². The molecule has 3 heterocycles. The lowest BCUT2D eigenvalue weighted by atomic mass is 10.0. The third kappa shape index (κ3) is 4.18. The fourth-order valence-corrected chi connectivity index (χ4v) is 5.84. The lowest BCUT2D eigenvalue weighted by Gasteiger charge is -2.33. The molecule has 1 unspecified atom stereocenters. The minimum Gasteiger partial charge on any atom is -0.339 e. The van der Waals surface area contributed by atoms with Crippen LogP contribution in [0.25, 0.3) is 21.9 Å². The molecule has 1 fully saturated rings. The maximum Gasteiger partial charge on any atom is 0.332 e. The molecule has 0 saturated carbocycles. The third-order valence-corrected chi connectivity index (χ3v) is 7.93. The summed E-state index contributed by atoms with van der Waals surface area (Å²) in [5.74, 6) is 0.310. The number of likely N-dealkylation sites (tertiary alicyclic amines) is 1. The van der Waals surface area contributed by atoms with E-state index in [0.717, 1.165) is 46.7 Å². The summed E-state index contributed by atoms with van der Waals surface area (Å²) in [4.78, 5) is 45.5. The molecular formula is C26H29N5O3S. The summed E-state index contributed by atoms with van der Waals surface area (Å²) < 4.78 is 4.37. The van der Waals surface area contributed by atoms with Gasteiger partial charge in [0.15, 0.2) is 16.3 Å². The predicted molar refractivity (Wildman–Crippen MR) is 139 cm³/mol. The van der Waals surface area contributed by atoms with Crippen molar-refractivity contribution in [3.63, 3.8) is 0 Å². The van der Waals surface area contributed by atoms with Crippen molar-refractivity contribution in [3.8, 4) is 0 Å². The Balaban J connectivity index is 1.59. The molecule has 8 nitrogen and oxygen atoms in total. The number of thioether (sulfide) groups is 1. The van der Waals surface area contributed by atoms with Crippen LogP contribution in [-0.2, 0) is 25.4 Å². The number of aromatic nitrogens is 4. The Hall–Kier alpha value is -3.33. The lowest BCUT2D eigenvalue weighted by molar-refractivity contribution is -0.131. The van der Waals surface area contributed by atoms with E-state index in [1.54, 1.807) is 7.05 Å². The van der Waals surface area contributed by atoms with E-state index in [9.17, 15) is 14.4 Å². The van der Waals surface area contributed by atoms with Gasteiger partial charge in [-0.25, -0.2) is 9.78 Å². The van der Waals surface area contributed by atoms with Crippen molar-refractivity contribution in [2.24, 2.45) is 14.1 Å². The Morgan fingerprint density at radius 3 is 2.63 bits per heavy atom. The van der Waals surface area contributed by atoms with Gasteiger partial charge in [0.05, 0.1) is 12.3 Å². The molecule has 1 aliphatic heterocycles. The number of piperidine rings is 1. The molecule has 35 heavy (non-hydrogen) atoms. The van der Waals surface area contributed by atoms with E-state index in [2.05, 4.69) is 25.1 Å². The highest BCUT2D eigenvalue weighted by atomic mass is 32.2. The van der Waals surface area contributed by atoms with Crippen LogP contribution in [-0.4, -0.2) is 47.8 Å². The number of nitrogens with zero attached hydrogens (tertiary/aromatic N) is 5. The molecule has 0 N–H and O–H groups in total. The molecule has 1 aliphatic rings. The SMILES string of the molecule is CC1CCCCN1C(=O)CSc1nc2c(c(=O)n(C)c(=O)n2C)n1Cc1cccc2ccccc12. The number of hydrogen-bond donors (Lipinski definition) is 0. The van der Waals surface area contributed by atoms with Crippen molar-refractivity contribution in [3.05, 3.63) is 68.9 Å². The van der Waals surface area contributed by atoms with E-state index in [-0.39, 0.29) is 17.7 Å². The first kappa shape index (κ1) is 23.4. The molecular weight excluding hydrogens is 462 g/mol. The second-order valence-electron chi connectivity index (χ2n) is 9.22. The Morgan fingerprint density at radius 1 is 1.06 bits per heavy atom. The molecule has 2 aromatic heterocycles. The summed E-state index contributed by atoms with van der Waals surface area (Å²) >= 11 is 1.33. The largest absolute Gasteiger partial charge is 0.339 e. The summed E-state index contributed by atoms with van der Waals surface area (Å²) in [6.45, 7) is 3.28. The average Bonchev–Trinajstić information content (AvgIpc) is 3.23. The highest BCUT2D eigenvalue weighted by Crippen LogP contribution is 2.27. The fraction of sp³-hybridized carbons (Fsp3) is 0.385. The first-order valence-corrected chi connectivity index (χ1v) is 12.9. The van der Waals surface area contributed by atoms with Crippen LogP contribution in [0.3, 0.4) is 0 Å². The minimum absolute atomic E-state index is 0.0766. The van der Waals surface area contributed by atoms with Gasteiger partial charge in [0.1, 0.15) is 0 Å². The van der Waals surface area contributed by atoms with E-state index >= 15 is 0 Å². The molecule has 1 amide bonds. The number of fused-ring (bicyclic) bond motifs is 2. The number of carbonyl (C=O) groups is 1. The Labute approximate surface area is 207 Å². The normalized spacial score (nSPS) is 16.3. The van der Waals surface area contributed by atoms with Crippen LogP contribution in [0.15, 0.2) is 57.2 Å². The highest BCUT2D eigenvalue weighted by molar-refractivity contribution is 7.99. The zero-order chi connectivity index (χ0) is 24.7. The molecule has 9 heteroatoms. The quantitative estimate of drug-likeness (QED) is 0.401. The summed E-state index contributed by atoms with van der Waals surface area (Å²) in [7, 11) is 3.10. The summed E-state index contributed by atoms with van der Waals surface area (Å²) in [5, 5.41) is 2.76. The molecule has 182 valence electrons. The number of hydrogen-bond acceptors (Lipinski definition) is 5. The van der Waals surface area contributed by atoms with Crippen molar-refractivity contribution in [2.45, 2.75) is 43.9 Å². The van der Waals surface area contributed by atoms with Crippen LogP contribution in [0.1, 0.15) is 31.7 Å². The Kier molecular flexibility index (Phi) is 6.27. The van der Waals surface area contributed by atoms with Crippen molar-refractivity contribution in [2.75, 3.05) is 12.3 Å². The van der Waals surface area contributed by atoms with Gasteiger partial charge in [-0.3, -0.25) is 18.7 Å². The second kappa shape index (κ2) is 9.37. The van der Waals surface area contributed by atoms with Crippen LogP contribution in [0.5, 0.6) is 0 Å². The second-order valence-corrected chi connectivity index (χ2v) is 10.2. The standard InChI is InChI=1S/C26H29N5O3S/c1-17-9-6-7-14-30(17)21(32)16-35-25-27-23-22(24(33)29(3)26(34)28(23)2)31(25)15-19-12-8-11-18-10-4-5-13-20(18)19/h4-5,8,10-13,17H,6-7,9,14-16H2,1-3H3. The maximum atomic E-state index is 13.2. The van der Waals surface area contributed by atoms with Crippen LogP contribution in [0.4, 0.5) is 0 Å². The first-order valence-electron chi connectivity index (χ1n) is 11.9. The monoisotopic (exact) mass is 491 g/mol. The van der Waals surface area contributed by atoms with Crippen LogP contribution in [0, 0.1) is 0 Å². The molecule has 4 aromatic rings. The van der Waals surface area contributed by atoms with Gasteiger partial charge >= 0.3 is 5.69 Å². The number of carbonyl (C=O) groups excluding carboxylic acids is 1. The summed E-state index contributed by atoms with van der Waals surface area (Å²) in [5.41, 5.74) is 0.922. The fourth-order valence-electron chi connectivity index (χ4n) is 4.96. The third-order valence-electron chi connectivity index (χ3n) is 6.97. The van der Waals surface area contributed by atoms with Gasteiger partial charge in [-0.2, -0.15) is 0 Å². The number of benzene rings is 2. The van der Waals surface area contributed by atoms with Gasteiger partial charge < -0.3 is 9.47 Å². The zero-order valence-electron chi connectivity index (χ0n) is 20.2. The summed E-state index contributed by atoms with van der Waals surface area (Å²) in [6.07, 6.45) is 3.20. The summed E-state index contributed by atoms with van der Waals surface area (Å²) in [6, 6.07) is 14.4. The van der Waals surface area contributed by atoms with Gasteiger partial charge in [0, 0.05) is 26.7 Å². The number of amides is 1. The van der Waals surface area contributed by atoms with Gasteiger partial charge in [0.25, 0.3) is 5.56 Å². The van der Waals surface area contributed by atoms with E-state index in [0.29, 0.717) is 22.9 Å². The van der Waals surface area contributed by atoms with E-state index < -0.39 is 11.2 Å². The van der Waals surface area contributed by atoms with Crippen molar-refractivity contribution >= 4 is 39.6 Å². The molecule has 5 rings (SSSR count). The molecule has 2 aromatic carbocycles. The number of imidazole rings is 1. The average molecular weight is 492 g/mol. The smallest absolute Gasteiger partial charge is 0.332 e. The van der Waals surface area contributed by atoms with Gasteiger partial charge in [-0.1, -0.05) is 54.2 Å². The zero-order valence-corrected chi connectivity index (χ0v) is 21.0. The van der Waals surface area contributed by atoms with Crippen LogP contribution in [0.2, 0.25) is 0 Å². The van der Waals surface area contributed by atoms with E-state index in [1.807, 2.05) is 33.7 Å². The number of aryl methyl sites for hydroxylation is 1. The Morgan fingerprint density at radius 2 is 1.83 bits per heavy atom.